The molecule has 0 aliphatic heterocycles. The number of nitriles is 2. The molecule has 68 heavy (non-hydrogen) atoms. The summed E-state index contributed by atoms with van der Waals surface area (Å²) in [6.45, 7) is 25.6. The van der Waals surface area contributed by atoms with Crippen molar-refractivity contribution in [2.24, 2.45) is 0 Å². The summed E-state index contributed by atoms with van der Waals surface area (Å²) in [6.07, 6.45) is -5.00. The predicted molar refractivity (Wildman–Crippen MR) is 275 cm³/mol. The number of fused-ring (bicyclic) bond motifs is 6. The molecule has 0 fully saturated rings. The van der Waals surface area contributed by atoms with Gasteiger partial charge >= 0.3 is 6.18 Å². The highest BCUT2D eigenvalue weighted by atomic mass is 19.4. The van der Waals surface area contributed by atoms with Gasteiger partial charge in [0.25, 0.3) is 0 Å². The third kappa shape index (κ3) is 7.63. The van der Waals surface area contributed by atoms with Gasteiger partial charge in [0, 0.05) is 43.8 Å². The van der Waals surface area contributed by atoms with Crippen LogP contribution in [0.4, 0.5) is 13.2 Å². The Labute approximate surface area is 397 Å². The van der Waals surface area contributed by atoms with Crippen LogP contribution in [0.5, 0.6) is 0 Å². The molecule has 0 aliphatic carbocycles. The largest absolute Gasteiger partial charge is 0.420 e. The van der Waals surface area contributed by atoms with E-state index in [9.17, 15) is 10.5 Å². The Kier molecular flexibility index (Phi) is 10.7. The second kappa shape index (κ2) is 15.7. The van der Waals surface area contributed by atoms with Gasteiger partial charge < -0.3 is 9.13 Å². The summed E-state index contributed by atoms with van der Waals surface area (Å²) in [5.74, 6) is 0. The summed E-state index contributed by atoms with van der Waals surface area (Å²) in [7, 11) is 0. The molecule has 7 aromatic carbocycles. The van der Waals surface area contributed by atoms with Gasteiger partial charge in [0.05, 0.1) is 56.7 Å². The Morgan fingerprint density at radius 2 is 0.647 bits per heavy atom. The van der Waals surface area contributed by atoms with Crippen LogP contribution in [0.1, 0.15) is 122 Å². The fourth-order valence-corrected chi connectivity index (χ4v) is 9.83. The molecule has 7 heteroatoms. The average molecular weight is 903 g/mol. The van der Waals surface area contributed by atoms with Crippen molar-refractivity contribution in [2.75, 3.05) is 0 Å². The standard InChI is InChI=1S/C61H57F3N4/c1-57(2,3)38-21-25-50-44(29-38)45-30-39(58(4,5)6)22-26-51(45)67(50)55-48(42-19-15-13-17-36(42)34-65)33-49(43-20-16-14-18-37(43)35-66)56(54(55)61(62,63)64)68-52-27-23-40(59(7,8)9)31-46(52)47-32-41(60(10,11)12)24-28-53(47)68/h13-33H,1-12H3. The maximum Gasteiger partial charge on any atom is 0.420 e. The summed E-state index contributed by atoms with van der Waals surface area (Å²) < 4.78 is 56.3. The molecule has 2 aromatic heterocycles. The molecular formula is C61H57F3N4. The molecule has 0 spiro atoms. The van der Waals surface area contributed by atoms with Gasteiger partial charge in [-0.15, -0.1) is 0 Å². The highest BCUT2D eigenvalue weighted by Crippen LogP contribution is 2.52. The lowest BCUT2D eigenvalue weighted by Gasteiger charge is -2.28. The number of rotatable bonds is 4. The van der Waals surface area contributed by atoms with E-state index < -0.39 is 11.7 Å². The van der Waals surface area contributed by atoms with Crippen molar-refractivity contribution >= 4 is 43.6 Å². The fraction of sp³-hybridized carbons (Fsp3) is 0.279. The van der Waals surface area contributed by atoms with Crippen molar-refractivity contribution in [3.8, 4) is 45.8 Å². The van der Waals surface area contributed by atoms with E-state index in [1.165, 1.54) is 0 Å². The lowest BCUT2D eigenvalue weighted by molar-refractivity contribution is -0.137. The Bertz CT molecular complexity index is 3240. The predicted octanol–water partition coefficient (Wildman–Crippen LogP) is 17.2. The molecular weight excluding hydrogens is 846 g/mol. The molecule has 0 amide bonds. The van der Waals surface area contributed by atoms with Crippen molar-refractivity contribution < 1.29 is 13.2 Å². The first-order valence-electron chi connectivity index (χ1n) is 23.3. The monoisotopic (exact) mass is 902 g/mol. The van der Waals surface area contributed by atoms with Crippen LogP contribution in [-0.4, -0.2) is 9.13 Å². The number of benzene rings is 7. The lowest BCUT2D eigenvalue weighted by Crippen LogP contribution is -2.18. The molecule has 0 atom stereocenters. The summed E-state index contributed by atoms with van der Waals surface area (Å²) in [4.78, 5) is 0. The summed E-state index contributed by atoms with van der Waals surface area (Å²) in [6, 6.07) is 44.5. The number of hydrogen-bond donors (Lipinski definition) is 0. The van der Waals surface area contributed by atoms with Gasteiger partial charge in [0.1, 0.15) is 5.56 Å². The van der Waals surface area contributed by atoms with E-state index >= 15 is 13.2 Å². The second-order valence-corrected chi connectivity index (χ2v) is 22.5. The molecule has 342 valence electrons. The van der Waals surface area contributed by atoms with Gasteiger partial charge in [-0.2, -0.15) is 23.7 Å². The number of nitrogens with zero attached hydrogens (tertiary/aromatic N) is 4. The topological polar surface area (TPSA) is 57.4 Å². The molecule has 0 aliphatic rings. The van der Waals surface area contributed by atoms with Crippen molar-refractivity contribution in [3.05, 3.63) is 166 Å². The Hall–Kier alpha value is -7.09. The highest BCUT2D eigenvalue weighted by molar-refractivity contribution is 6.13. The number of alkyl halides is 3. The molecule has 0 radical (unpaired) electrons. The van der Waals surface area contributed by atoms with Gasteiger partial charge in [0.2, 0.25) is 0 Å². The van der Waals surface area contributed by atoms with E-state index in [1.807, 2.05) is 48.5 Å². The van der Waals surface area contributed by atoms with Crippen molar-refractivity contribution in [1.82, 2.24) is 9.13 Å². The lowest BCUT2D eigenvalue weighted by atomic mass is 9.85. The number of hydrogen-bond acceptors (Lipinski definition) is 2. The third-order valence-corrected chi connectivity index (χ3v) is 13.7. The van der Waals surface area contributed by atoms with Crippen LogP contribution >= 0.6 is 0 Å². The quantitative estimate of drug-likeness (QED) is 0.177. The third-order valence-electron chi connectivity index (χ3n) is 13.7. The first kappa shape index (κ1) is 46.0. The highest BCUT2D eigenvalue weighted by Gasteiger charge is 2.43. The molecule has 0 saturated heterocycles. The van der Waals surface area contributed by atoms with Gasteiger partial charge in [-0.3, -0.25) is 0 Å². The van der Waals surface area contributed by atoms with Gasteiger partial charge in [0.15, 0.2) is 0 Å². The van der Waals surface area contributed by atoms with Gasteiger partial charge in [-0.05, 0) is 111 Å². The van der Waals surface area contributed by atoms with Gasteiger partial charge in [-0.1, -0.05) is 144 Å². The van der Waals surface area contributed by atoms with Crippen molar-refractivity contribution in [2.45, 2.75) is 111 Å². The first-order chi connectivity index (χ1) is 31.8. The summed E-state index contributed by atoms with van der Waals surface area (Å²) >= 11 is 0. The van der Waals surface area contributed by atoms with E-state index in [0.29, 0.717) is 33.2 Å². The van der Waals surface area contributed by atoms with E-state index in [4.69, 9.17) is 0 Å². The molecule has 0 saturated carbocycles. The number of halogens is 3. The van der Waals surface area contributed by atoms with E-state index in [0.717, 1.165) is 43.8 Å². The first-order valence-corrected chi connectivity index (χ1v) is 23.3. The van der Waals surface area contributed by atoms with Crippen molar-refractivity contribution in [3.63, 3.8) is 0 Å². The molecule has 0 N–H and O–H groups in total. The van der Waals surface area contributed by atoms with Crippen LogP contribution in [0.15, 0.2) is 127 Å². The molecule has 2 heterocycles. The second-order valence-electron chi connectivity index (χ2n) is 22.5. The minimum absolute atomic E-state index is 0.104. The molecule has 9 aromatic rings. The van der Waals surface area contributed by atoms with Crippen LogP contribution in [0.25, 0.3) is 77.2 Å². The average Bonchev–Trinajstić information content (AvgIpc) is 3.78. The summed E-state index contributed by atoms with van der Waals surface area (Å²) in [5.41, 5.74) is 6.06. The Morgan fingerprint density at radius 3 is 0.897 bits per heavy atom. The zero-order valence-electron chi connectivity index (χ0n) is 41.0. The maximum atomic E-state index is 17.6. The van der Waals surface area contributed by atoms with Crippen LogP contribution in [-0.2, 0) is 27.8 Å². The van der Waals surface area contributed by atoms with E-state index in [1.54, 1.807) is 63.7 Å². The van der Waals surface area contributed by atoms with Gasteiger partial charge in [-0.25, -0.2) is 0 Å². The molecule has 4 nitrogen and oxygen atoms in total. The SMILES string of the molecule is CC(C)(C)c1ccc2c(c1)c1cc(C(C)(C)C)ccc1n2-c1c(-c2ccccc2C#N)cc(-c2ccccc2C#N)c(-n2c3ccc(C(C)(C)C)cc3c3cc(C(C)(C)C)ccc32)c1C(F)(F)F. The molecule has 0 unspecified atom stereocenters. The minimum atomic E-state index is -5.00. The normalized spacial score (nSPS) is 12.9. The van der Waals surface area contributed by atoms with E-state index in [-0.39, 0.29) is 55.3 Å². The zero-order valence-corrected chi connectivity index (χ0v) is 41.0. The van der Waals surface area contributed by atoms with Crippen LogP contribution in [0.2, 0.25) is 0 Å². The van der Waals surface area contributed by atoms with Crippen molar-refractivity contribution in [1.29, 1.82) is 10.5 Å². The molecule has 0 bridgehead atoms. The Morgan fingerprint density at radius 1 is 0.368 bits per heavy atom. The molecule has 9 rings (SSSR count). The van der Waals surface area contributed by atoms with Crippen LogP contribution < -0.4 is 0 Å². The Balaban J connectivity index is 1.61. The van der Waals surface area contributed by atoms with Crippen LogP contribution in [0, 0.1) is 22.7 Å². The smallest absolute Gasteiger partial charge is 0.308 e. The minimum Gasteiger partial charge on any atom is -0.308 e. The fourth-order valence-electron chi connectivity index (χ4n) is 9.83. The summed E-state index contributed by atoms with van der Waals surface area (Å²) in [5, 5.41) is 24.8. The number of aromatic nitrogens is 2. The van der Waals surface area contributed by atoms with Crippen LogP contribution in [0.3, 0.4) is 0 Å². The van der Waals surface area contributed by atoms with E-state index in [2.05, 4.69) is 119 Å². The maximum absolute atomic E-state index is 17.6. The zero-order chi connectivity index (χ0) is 49.0.